The fourth-order valence-electron chi connectivity index (χ4n) is 2.24. The maximum Gasteiger partial charge on any atom is 0.0165 e. The summed E-state index contributed by atoms with van der Waals surface area (Å²) in [6.07, 6.45) is 9.36. The molecule has 1 aliphatic rings. The Morgan fingerprint density at radius 2 is 1.93 bits per heavy atom. The Kier molecular flexibility index (Phi) is 5.20. The predicted octanol–water partition coefficient (Wildman–Crippen LogP) is 2.15. The molecular formula is C12H24N2. The summed E-state index contributed by atoms with van der Waals surface area (Å²) in [7, 11) is 0. The van der Waals surface area contributed by atoms with Gasteiger partial charge in [-0.3, -0.25) is 4.90 Å². The van der Waals surface area contributed by atoms with E-state index in [0.717, 1.165) is 19.1 Å². The molecule has 0 spiro atoms. The van der Waals surface area contributed by atoms with Crippen LogP contribution in [0.2, 0.25) is 0 Å². The van der Waals surface area contributed by atoms with Crippen molar-refractivity contribution >= 4 is 0 Å². The first-order chi connectivity index (χ1) is 6.77. The van der Waals surface area contributed by atoms with Crippen molar-refractivity contribution in [2.24, 2.45) is 5.73 Å². The average Bonchev–Trinajstić information content (AvgIpc) is 2.21. The summed E-state index contributed by atoms with van der Waals surface area (Å²) in [6, 6.07) is 1.24. The Balaban J connectivity index is 2.36. The second-order valence-corrected chi connectivity index (χ2v) is 4.23. The van der Waals surface area contributed by atoms with E-state index in [0.29, 0.717) is 6.04 Å². The molecule has 14 heavy (non-hydrogen) atoms. The highest BCUT2D eigenvalue weighted by Crippen LogP contribution is 2.21. The molecule has 0 saturated heterocycles. The van der Waals surface area contributed by atoms with Crippen LogP contribution in [0.4, 0.5) is 0 Å². The zero-order chi connectivity index (χ0) is 10.4. The van der Waals surface area contributed by atoms with Crippen LogP contribution in [0, 0.1) is 0 Å². The number of likely N-dealkylation sites (N-methyl/N-ethyl adjacent to an activating group) is 1. The van der Waals surface area contributed by atoms with Gasteiger partial charge in [-0.25, -0.2) is 0 Å². The van der Waals surface area contributed by atoms with Crippen molar-refractivity contribution in [3.05, 3.63) is 12.2 Å². The normalized spacial score (nSPS) is 28.9. The second kappa shape index (κ2) is 6.20. The summed E-state index contributed by atoms with van der Waals surface area (Å²) in [5, 5.41) is 0. The number of allylic oxidation sites excluding steroid dienone is 1. The summed E-state index contributed by atoms with van der Waals surface area (Å²) in [5.41, 5.74) is 5.91. The van der Waals surface area contributed by atoms with Crippen LogP contribution < -0.4 is 5.73 Å². The molecule has 1 fully saturated rings. The van der Waals surface area contributed by atoms with E-state index in [9.17, 15) is 0 Å². The van der Waals surface area contributed by atoms with Crippen LogP contribution in [0.5, 0.6) is 0 Å². The highest BCUT2D eigenvalue weighted by Gasteiger charge is 2.22. The first-order valence-corrected chi connectivity index (χ1v) is 5.88. The van der Waals surface area contributed by atoms with Crippen molar-refractivity contribution in [1.82, 2.24) is 4.90 Å². The Morgan fingerprint density at radius 3 is 2.43 bits per heavy atom. The largest absolute Gasteiger partial charge is 0.328 e. The van der Waals surface area contributed by atoms with Gasteiger partial charge in [0, 0.05) is 18.6 Å². The fraction of sp³-hybridized carbons (Fsp3) is 0.833. The molecule has 0 radical (unpaired) electrons. The van der Waals surface area contributed by atoms with Crippen LogP contribution in [-0.4, -0.2) is 30.1 Å². The number of hydrogen-bond donors (Lipinski definition) is 1. The van der Waals surface area contributed by atoms with Gasteiger partial charge >= 0.3 is 0 Å². The predicted molar refractivity (Wildman–Crippen MR) is 62.3 cm³/mol. The van der Waals surface area contributed by atoms with Gasteiger partial charge in [0.25, 0.3) is 0 Å². The third-order valence-electron chi connectivity index (χ3n) is 3.24. The van der Waals surface area contributed by atoms with E-state index in [1.165, 1.54) is 25.7 Å². The molecule has 0 amide bonds. The Labute approximate surface area is 88.2 Å². The van der Waals surface area contributed by atoms with Crippen LogP contribution in [0.25, 0.3) is 0 Å². The monoisotopic (exact) mass is 196 g/mol. The topological polar surface area (TPSA) is 29.3 Å². The lowest BCUT2D eigenvalue weighted by molar-refractivity contribution is 0.172. The minimum atomic E-state index is 0.465. The van der Waals surface area contributed by atoms with Crippen molar-refractivity contribution in [2.75, 3.05) is 13.1 Å². The van der Waals surface area contributed by atoms with Gasteiger partial charge < -0.3 is 5.73 Å². The first-order valence-electron chi connectivity index (χ1n) is 5.88. The molecule has 0 aromatic heterocycles. The van der Waals surface area contributed by atoms with Gasteiger partial charge in [0.1, 0.15) is 0 Å². The van der Waals surface area contributed by atoms with Crippen LogP contribution in [-0.2, 0) is 0 Å². The maximum atomic E-state index is 5.91. The standard InChI is InChI=1S/C12H24N2/c1-3-5-10-14(4-2)12-8-6-11(13)7-9-12/h3,5,11-12H,4,6-10,13H2,1-2H3. The van der Waals surface area contributed by atoms with Gasteiger partial charge in [-0.2, -0.15) is 0 Å². The van der Waals surface area contributed by atoms with Gasteiger partial charge in [0.15, 0.2) is 0 Å². The molecule has 0 aromatic rings. The molecule has 0 bridgehead atoms. The fourth-order valence-corrected chi connectivity index (χ4v) is 2.24. The third kappa shape index (κ3) is 3.43. The van der Waals surface area contributed by atoms with Crippen LogP contribution >= 0.6 is 0 Å². The summed E-state index contributed by atoms with van der Waals surface area (Å²) < 4.78 is 0. The quantitative estimate of drug-likeness (QED) is 0.698. The lowest BCUT2D eigenvalue weighted by Crippen LogP contribution is -2.40. The molecule has 2 heteroatoms. The number of hydrogen-bond acceptors (Lipinski definition) is 2. The van der Waals surface area contributed by atoms with Crippen molar-refractivity contribution < 1.29 is 0 Å². The summed E-state index contributed by atoms with van der Waals surface area (Å²) >= 11 is 0. The highest BCUT2D eigenvalue weighted by molar-refractivity contribution is 4.86. The van der Waals surface area contributed by atoms with Gasteiger partial charge in [0.05, 0.1) is 0 Å². The molecule has 82 valence electrons. The Bertz CT molecular complexity index is 169. The van der Waals surface area contributed by atoms with E-state index in [-0.39, 0.29) is 0 Å². The van der Waals surface area contributed by atoms with Crippen molar-refractivity contribution in [3.8, 4) is 0 Å². The SMILES string of the molecule is CC=CCN(CC)C1CCC(N)CC1. The minimum Gasteiger partial charge on any atom is -0.328 e. The van der Waals surface area contributed by atoms with Crippen LogP contribution in [0.15, 0.2) is 12.2 Å². The van der Waals surface area contributed by atoms with Crippen molar-refractivity contribution in [2.45, 2.75) is 51.6 Å². The van der Waals surface area contributed by atoms with E-state index in [1.807, 2.05) is 0 Å². The molecule has 2 N–H and O–H groups in total. The number of nitrogens with zero attached hydrogens (tertiary/aromatic N) is 1. The molecular weight excluding hydrogens is 172 g/mol. The molecule has 0 aliphatic heterocycles. The van der Waals surface area contributed by atoms with Crippen molar-refractivity contribution in [3.63, 3.8) is 0 Å². The number of nitrogens with two attached hydrogens (primary N) is 1. The van der Waals surface area contributed by atoms with Gasteiger partial charge in [-0.1, -0.05) is 19.1 Å². The van der Waals surface area contributed by atoms with Crippen LogP contribution in [0.1, 0.15) is 39.5 Å². The summed E-state index contributed by atoms with van der Waals surface area (Å²) in [4.78, 5) is 2.56. The lowest BCUT2D eigenvalue weighted by Gasteiger charge is -2.34. The summed E-state index contributed by atoms with van der Waals surface area (Å²) in [5.74, 6) is 0. The van der Waals surface area contributed by atoms with E-state index in [2.05, 4.69) is 30.9 Å². The second-order valence-electron chi connectivity index (χ2n) is 4.23. The van der Waals surface area contributed by atoms with E-state index >= 15 is 0 Å². The van der Waals surface area contributed by atoms with Crippen LogP contribution in [0.3, 0.4) is 0 Å². The molecule has 2 nitrogen and oxygen atoms in total. The van der Waals surface area contributed by atoms with E-state index in [1.54, 1.807) is 0 Å². The summed E-state index contributed by atoms with van der Waals surface area (Å²) in [6.45, 7) is 6.60. The van der Waals surface area contributed by atoms with Gasteiger partial charge in [-0.15, -0.1) is 0 Å². The average molecular weight is 196 g/mol. The Hall–Kier alpha value is -0.340. The smallest absolute Gasteiger partial charge is 0.0165 e. The minimum absolute atomic E-state index is 0.465. The third-order valence-corrected chi connectivity index (χ3v) is 3.24. The molecule has 0 aromatic carbocycles. The zero-order valence-electron chi connectivity index (χ0n) is 9.58. The lowest BCUT2D eigenvalue weighted by atomic mass is 9.91. The number of rotatable bonds is 4. The molecule has 1 aliphatic carbocycles. The zero-order valence-corrected chi connectivity index (χ0v) is 9.58. The first kappa shape index (κ1) is 11.7. The molecule has 0 heterocycles. The van der Waals surface area contributed by atoms with Crippen molar-refractivity contribution in [1.29, 1.82) is 0 Å². The Morgan fingerprint density at radius 1 is 1.29 bits per heavy atom. The highest BCUT2D eigenvalue weighted by atomic mass is 15.1. The molecule has 1 rings (SSSR count). The maximum absolute atomic E-state index is 5.91. The van der Waals surface area contributed by atoms with E-state index < -0.39 is 0 Å². The van der Waals surface area contributed by atoms with E-state index in [4.69, 9.17) is 5.73 Å². The molecule has 0 atom stereocenters. The van der Waals surface area contributed by atoms with Gasteiger partial charge in [-0.05, 0) is 39.2 Å². The molecule has 0 unspecified atom stereocenters. The van der Waals surface area contributed by atoms with Gasteiger partial charge in [0.2, 0.25) is 0 Å². The molecule has 1 saturated carbocycles.